The Morgan fingerprint density at radius 3 is 2.72 bits per heavy atom. The molecule has 1 saturated carbocycles. The van der Waals surface area contributed by atoms with E-state index in [1.165, 1.54) is 6.07 Å². The van der Waals surface area contributed by atoms with Crippen LogP contribution in [0.15, 0.2) is 18.3 Å². The third-order valence-corrected chi connectivity index (χ3v) is 3.57. The third-order valence-electron chi connectivity index (χ3n) is 3.57. The van der Waals surface area contributed by atoms with Crippen LogP contribution in [0.2, 0.25) is 0 Å². The highest BCUT2D eigenvalue weighted by Crippen LogP contribution is 2.36. The number of carboxylic acids is 1. The molecule has 4 nitrogen and oxygen atoms in total. The molecule has 0 spiro atoms. The molecule has 2 rings (SSSR count). The van der Waals surface area contributed by atoms with E-state index in [0.29, 0.717) is 5.41 Å². The molecule has 4 heteroatoms. The lowest BCUT2D eigenvalue weighted by Crippen LogP contribution is -2.29. The van der Waals surface area contributed by atoms with Gasteiger partial charge in [-0.15, -0.1) is 0 Å². The summed E-state index contributed by atoms with van der Waals surface area (Å²) in [7, 11) is 0. The Morgan fingerprint density at radius 2 is 2.11 bits per heavy atom. The maximum atomic E-state index is 11.0. The highest BCUT2D eigenvalue weighted by atomic mass is 16.5. The minimum Gasteiger partial charge on any atom is -0.477 e. The van der Waals surface area contributed by atoms with E-state index < -0.39 is 5.97 Å². The van der Waals surface area contributed by atoms with E-state index in [2.05, 4.69) is 18.8 Å². The monoisotopic (exact) mass is 249 g/mol. The predicted octanol–water partition coefficient (Wildman–Crippen LogP) is 3.13. The van der Waals surface area contributed by atoms with Gasteiger partial charge in [-0.3, -0.25) is 0 Å². The van der Waals surface area contributed by atoms with Gasteiger partial charge in [-0.2, -0.15) is 0 Å². The molecular weight excluding hydrogens is 230 g/mol. The molecule has 1 aliphatic carbocycles. The molecule has 0 saturated heterocycles. The summed E-state index contributed by atoms with van der Waals surface area (Å²) in [5.41, 5.74) is 0.516. The molecule has 1 aromatic rings. The van der Waals surface area contributed by atoms with Crippen molar-refractivity contribution in [3.63, 3.8) is 0 Å². The maximum absolute atomic E-state index is 11.0. The Bertz CT molecular complexity index is 432. The summed E-state index contributed by atoms with van der Waals surface area (Å²) in [6, 6.07) is 3.14. The molecule has 1 heterocycles. The highest BCUT2D eigenvalue weighted by Gasteiger charge is 2.28. The summed E-state index contributed by atoms with van der Waals surface area (Å²) in [4.78, 5) is 15.1. The Balaban J connectivity index is 2.04. The molecule has 1 fully saturated rings. The number of aromatic nitrogens is 1. The second kappa shape index (κ2) is 4.96. The molecule has 1 aliphatic rings. The van der Waals surface area contributed by atoms with E-state index in [1.54, 1.807) is 12.3 Å². The van der Waals surface area contributed by atoms with Gasteiger partial charge in [0.25, 0.3) is 0 Å². The number of hydrogen-bond acceptors (Lipinski definition) is 3. The fourth-order valence-corrected chi connectivity index (χ4v) is 2.30. The normalized spacial score (nSPS) is 19.4. The van der Waals surface area contributed by atoms with E-state index in [4.69, 9.17) is 9.84 Å². The lowest BCUT2D eigenvalue weighted by molar-refractivity contribution is 0.0669. The van der Waals surface area contributed by atoms with Crippen LogP contribution >= 0.6 is 0 Å². The number of rotatable bonds is 3. The molecule has 0 aliphatic heterocycles. The lowest BCUT2D eigenvalue weighted by Gasteiger charge is -2.34. The summed E-state index contributed by atoms with van der Waals surface area (Å²) >= 11 is 0. The fraction of sp³-hybridized carbons (Fsp3) is 0.571. The van der Waals surface area contributed by atoms with Crippen molar-refractivity contribution in [2.45, 2.75) is 45.6 Å². The van der Waals surface area contributed by atoms with Crippen LogP contribution < -0.4 is 4.74 Å². The molecule has 0 aromatic carbocycles. The van der Waals surface area contributed by atoms with Gasteiger partial charge in [-0.25, -0.2) is 9.78 Å². The van der Waals surface area contributed by atoms with Crippen molar-refractivity contribution in [2.24, 2.45) is 5.41 Å². The zero-order valence-corrected chi connectivity index (χ0v) is 10.8. The van der Waals surface area contributed by atoms with Crippen molar-refractivity contribution < 1.29 is 14.6 Å². The molecule has 0 radical (unpaired) electrons. The third kappa shape index (κ3) is 3.00. The molecule has 98 valence electrons. The van der Waals surface area contributed by atoms with Crippen molar-refractivity contribution in [1.29, 1.82) is 0 Å². The first-order chi connectivity index (χ1) is 8.48. The summed E-state index contributed by atoms with van der Waals surface area (Å²) in [5.74, 6) is -0.746. The van der Waals surface area contributed by atoms with Crippen LogP contribution in [0.5, 0.6) is 5.88 Å². The summed E-state index contributed by atoms with van der Waals surface area (Å²) in [6.07, 6.45) is 5.78. The Hall–Kier alpha value is -1.58. The molecule has 0 atom stereocenters. The van der Waals surface area contributed by atoms with Crippen molar-refractivity contribution >= 4 is 5.97 Å². The summed E-state index contributed by atoms with van der Waals surface area (Å²) in [5, 5.41) is 9.06. The standard InChI is InChI=1S/C14H19NO3/c1-14(2)7-5-10(6-8-14)18-12-11(13(16)17)4-3-9-15-12/h3-4,9-10H,5-8H2,1-2H3,(H,16,17). The number of ether oxygens (including phenoxy) is 1. The zero-order chi connectivity index (χ0) is 13.2. The number of aromatic carboxylic acids is 1. The maximum Gasteiger partial charge on any atom is 0.341 e. The topological polar surface area (TPSA) is 59.4 Å². The Labute approximate surface area is 107 Å². The van der Waals surface area contributed by atoms with E-state index in [1.807, 2.05) is 0 Å². The number of nitrogens with zero attached hydrogens (tertiary/aromatic N) is 1. The number of carboxylic acid groups (broad SMARTS) is 1. The summed E-state index contributed by atoms with van der Waals surface area (Å²) < 4.78 is 5.75. The van der Waals surface area contributed by atoms with E-state index in [-0.39, 0.29) is 17.5 Å². The average molecular weight is 249 g/mol. The van der Waals surface area contributed by atoms with E-state index >= 15 is 0 Å². The zero-order valence-electron chi connectivity index (χ0n) is 10.8. The predicted molar refractivity (Wildman–Crippen MR) is 67.9 cm³/mol. The van der Waals surface area contributed by atoms with Crippen LogP contribution in [0.1, 0.15) is 49.9 Å². The molecule has 18 heavy (non-hydrogen) atoms. The minimum absolute atomic E-state index is 0.0889. The van der Waals surface area contributed by atoms with Gasteiger partial charge in [-0.05, 0) is 43.2 Å². The van der Waals surface area contributed by atoms with Crippen LogP contribution in [-0.2, 0) is 0 Å². The van der Waals surface area contributed by atoms with Gasteiger partial charge in [-0.1, -0.05) is 13.8 Å². The molecule has 1 N–H and O–H groups in total. The van der Waals surface area contributed by atoms with Crippen molar-refractivity contribution in [1.82, 2.24) is 4.98 Å². The molecular formula is C14H19NO3. The largest absolute Gasteiger partial charge is 0.477 e. The van der Waals surface area contributed by atoms with Gasteiger partial charge in [0.2, 0.25) is 5.88 Å². The molecule has 0 bridgehead atoms. The van der Waals surface area contributed by atoms with Gasteiger partial charge in [0.1, 0.15) is 11.7 Å². The highest BCUT2D eigenvalue weighted by molar-refractivity contribution is 5.90. The van der Waals surface area contributed by atoms with Gasteiger partial charge in [0, 0.05) is 6.20 Å². The van der Waals surface area contributed by atoms with Crippen LogP contribution in [-0.4, -0.2) is 22.2 Å². The Kier molecular flexibility index (Phi) is 3.55. The smallest absolute Gasteiger partial charge is 0.341 e. The van der Waals surface area contributed by atoms with Gasteiger partial charge >= 0.3 is 5.97 Å². The lowest BCUT2D eigenvalue weighted by atomic mass is 9.76. The van der Waals surface area contributed by atoms with Crippen LogP contribution in [0.4, 0.5) is 0 Å². The van der Waals surface area contributed by atoms with Crippen LogP contribution in [0.3, 0.4) is 0 Å². The van der Waals surface area contributed by atoms with Gasteiger partial charge < -0.3 is 9.84 Å². The first-order valence-electron chi connectivity index (χ1n) is 6.33. The first kappa shape index (κ1) is 12.9. The Morgan fingerprint density at radius 1 is 1.44 bits per heavy atom. The fourth-order valence-electron chi connectivity index (χ4n) is 2.30. The number of pyridine rings is 1. The van der Waals surface area contributed by atoms with E-state index in [9.17, 15) is 4.79 Å². The number of carbonyl (C=O) groups is 1. The second-order valence-corrected chi connectivity index (χ2v) is 5.64. The minimum atomic E-state index is -0.991. The SMILES string of the molecule is CC1(C)CCC(Oc2ncccc2C(=O)O)CC1. The average Bonchev–Trinajstić information content (AvgIpc) is 2.32. The van der Waals surface area contributed by atoms with Crippen molar-refractivity contribution in [3.05, 3.63) is 23.9 Å². The van der Waals surface area contributed by atoms with Crippen molar-refractivity contribution in [3.8, 4) is 5.88 Å². The first-order valence-corrected chi connectivity index (χ1v) is 6.33. The summed E-state index contributed by atoms with van der Waals surface area (Å²) in [6.45, 7) is 4.51. The quantitative estimate of drug-likeness (QED) is 0.894. The molecule has 1 aromatic heterocycles. The second-order valence-electron chi connectivity index (χ2n) is 5.64. The van der Waals surface area contributed by atoms with Crippen molar-refractivity contribution in [2.75, 3.05) is 0 Å². The van der Waals surface area contributed by atoms with Gasteiger partial charge in [0.15, 0.2) is 0 Å². The van der Waals surface area contributed by atoms with Crippen LogP contribution in [0, 0.1) is 5.41 Å². The van der Waals surface area contributed by atoms with Crippen LogP contribution in [0.25, 0.3) is 0 Å². The molecule has 0 unspecified atom stereocenters. The van der Waals surface area contributed by atoms with Gasteiger partial charge in [0.05, 0.1) is 0 Å². The molecule has 0 amide bonds. The van der Waals surface area contributed by atoms with E-state index in [0.717, 1.165) is 25.7 Å². The number of hydrogen-bond donors (Lipinski definition) is 1.